The van der Waals surface area contributed by atoms with Gasteiger partial charge in [-0.2, -0.15) is 5.10 Å². The average Bonchev–Trinajstić information content (AvgIpc) is 2.56. The summed E-state index contributed by atoms with van der Waals surface area (Å²) in [6.07, 6.45) is 3.55. The van der Waals surface area contributed by atoms with Gasteiger partial charge in [-0.15, -0.1) is 0 Å². The van der Waals surface area contributed by atoms with E-state index in [1.165, 1.54) is 11.1 Å². The molecule has 0 atom stereocenters. The topological polar surface area (TPSA) is 30.2 Å². The normalized spacial score (nSPS) is 9.54. The van der Waals surface area contributed by atoms with Crippen molar-refractivity contribution in [3.05, 3.63) is 29.7 Å². The third kappa shape index (κ3) is 1.86. The monoisotopic (exact) mass is 177 g/mol. The summed E-state index contributed by atoms with van der Waals surface area (Å²) in [5.74, 6) is 0. The minimum Gasteiger partial charge on any atom is -0.221 e. The Labute approximate surface area is 78.4 Å². The van der Waals surface area contributed by atoms with Crippen molar-refractivity contribution in [1.29, 1.82) is 0 Å². The van der Waals surface area contributed by atoms with Gasteiger partial charge in [0.1, 0.15) is 6.33 Å². The number of nitrogens with zero attached hydrogens (tertiary/aromatic N) is 3. The highest BCUT2D eigenvalue weighted by Gasteiger charge is 1.97. The molecule has 0 fully saturated rings. The third-order valence-corrected chi connectivity index (χ3v) is 1.88. The van der Waals surface area contributed by atoms with Crippen LogP contribution in [0.4, 0.5) is 0 Å². The van der Waals surface area contributed by atoms with E-state index in [9.17, 15) is 0 Å². The first-order chi connectivity index (χ1) is 6.27. The van der Waals surface area contributed by atoms with E-state index in [1.54, 1.807) is 10.8 Å². The van der Waals surface area contributed by atoms with E-state index in [-0.39, 0.29) is 0 Å². The van der Waals surface area contributed by atoms with Gasteiger partial charge in [0, 0.05) is 6.20 Å². The van der Waals surface area contributed by atoms with Crippen LogP contribution in [0, 0.1) is 13.8 Å². The molecule has 3 nitrogen and oxygen atoms in total. The summed E-state index contributed by atoms with van der Waals surface area (Å²) in [5, 5.41) is 4.03. The Balaban J connectivity index is 0.000000396. The zero-order chi connectivity index (χ0) is 9.84. The van der Waals surface area contributed by atoms with E-state index in [1.807, 2.05) is 26.1 Å². The van der Waals surface area contributed by atoms with Crippen molar-refractivity contribution < 1.29 is 0 Å². The lowest BCUT2D eigenvalue weighted by atomic mass is 10.2. The molecule has 13 heavy (non-hydrogen) atoms. The van der Waals surface area contributed by atoms with Gasteiger partial charge in [-0.05, 0) is 31.0 Å². The summed E-state index contributed by atoms with van der Waals surface area (Å²) in [5.41, 5.74) is 3.40. The number of aromatic nitrogens is 3. The second-order valence-corrected chi connectivity index (χ2v) is 2.70. The van der Waals surface area contributed by atoms with Crippen molar-refractivity contribution in [2.45, 2.75) is 27.7 Å². The van der Waals surface area contributed by atoms with Gasteiger partial charge in [-0.3, -0.25) is 0 Å². The van der Waals surface area contributed by atoms with E-state index in [4.69, 9.17) is 0 Å². The Morgan fingerprint density at radius 1 is 1.15 bits per heavy atom. The second-order valence-electron chi connectivity index (χ2n) is 2.70. The molecule has 0 radical (unpaired) electrons. The van der Waals surface area contributed by atoms with Crippen LogP contribution in [0.25, 0.3) is 5.65 Å². The lowest BCUT2D eigenvalue weighted by Gasteiger charge is -1.98. The van der Waals surface area contributed by atoms with Crippen LogP contribution in [-0.4, -0.2) is 14.6 Å². The fourth-order valence-electron chi connectivity index (χ4n) is 1.05. The van der Waals surface area contributed by atoms with Gasteiger partial charge in [0.2, 0.25) is 0 Å². The lowest BCUT2D eigenvalue weighted by molar-refractivity contribution is 0.946. The van der Waals surface area contributed by atoms with E-state index < -0.39 is 0 Å². The first kappa shape index (κ1) is 9.71. The number of pyridine rings is 1. The molecule has 0 aliphatic heterocycles. The lowest BCUT2D eigenvalue weighted by Crippen LogP contribution is -1.90. The highest BCUT2D eigenvalue weighted by molar-refractivity contribution is 5.41. The van der Waals surface area contributed by atoms with Crippen LogP contribution in [0.5, 0.6) is 0 Å². The summed E-state index contributed by atoms with van der Waals surface area (Å²) in [4.78, 5) is 4.07. The Hall–Kier alpha value is -1.38. The number of fused-ring (bicyclic) bond motifs is 1. The Morgan fingerprint density at radius 2 is 1.85 bits per heavy atom. The van der Waals surface area contributed by atoms with Crippen LogP contribution in [0.1, 0.15) is 25.0 Å². The van der Waals surface area contributed by atoms with E-state index in [0.29, 0.717) is 0 Å². The molecule has 2 rings (SSSR count). The van der Waals surface area contributed by atoms with Crippen molar-refractivity contribution in [1.82, 2.24) is 14.6 Å². The summed E-state index contributed by atoms with van der Waals surface area (Å²) >= 11 is 0. The number of rotatable bonds is 0. The molecule has 2 heterocycles. The van der Waals surface area contributed by atoms with Gasteiger partial charge < -0.3 is 0 Å². The summed E-state index contributed by atoms with van der Waals surface area (Å²) in [7, 11) is 0. The van der Waals surface area contributed by atoms with Gasteiger partial charge in [0.15, 0.2) is 5.65 Å². The molecule has 0 saturated heterocycles. The van der Waals surface area contributed by atoms with Crippen molar-refractivity contribution in [3.63, 3.8) is 0 Å². The van der Waals surface area contributed by atoms with Crippen LogP contribution >= 0.6 is 0 Å². The number of aryl methyl sites for hydroxylation is 2. The largest absolute Gasteiger partial charge is 0.221 e. The average molecular weight is 177 g/mol. The molecule has 0 amide bonds. The van der Waals surface area contributed by atoms with Crippen LogP contribution in [0.3, 0.4) is 0 Å². The molecule has 0 N–H and O–H groups in total. The minimum atomic E-state index is 0.910. The van der Waals surface area contributed by atoms with Gasteiger partial charge in [-0.25, -0.2) is 9.50 Å². The molecule has 0 aliphatic rings. The van der Waals surface area contributed by atoms with Crippen LogP contribution in [0.2, 0.25) is 0 Å². The maximum absolute atomic E-state index is 4.07. The molecule has 3 heteroatoms. The highest BCUT2D eigenvalue weighted by atomic mass is 15.3. The van der Waals surface area contributed by atoms with Crippen molar-refractivity contribution in [3.8, 4) is 0 Å². The second kappa shape index (κ2) is 4.03. The van der Waals surface area contributed by atoms with Crippen LogP contribution in [-0.2, 0) is 0 Å². The quantitative estimate of drug-likeness (QED) is 0.618. The summed E-state index contributed by atoms with van der Waals surface area (Å²) in [6.45, 7) is 8.14. The van der Waals surface area contributed by atoms with E-state index in [0.717, 1.165) is 5.65 Å². The molecular weight excluding hydrogens is 162 g/mol. The summed E-state index contributed by atoms with van der Waals surface area (Å²) < 4.78 is 1.78. The molecule has 0 saturated carbocycles. The molecule has 0 unspecified atom stereocenters. The Morgan fingerprint density at radius 3 is 2.54 bits per heavy atom. The molecule has 70 valence electrons. The van der Waals surface area contributed by atoms with E-state index >= 15 is 0 Å². The van der Waals surface area contributed by atoms with Gasteiger partial charge in [0.05, 0.1) is 0 Å². The smallest absolute Gasteiger partial charge is 0.155 e. The van der Waals surface area contributed by atoms with Crippen molar-refractivity contribution in [2.75, 3.05) is 0 Å². The predicted molar refractivity (Wildman–Crippen MR) is 53.8 cm³/mol. The number of hydrogen-bond donors (Lipinski definition) is 0. The molecular formula is C10H15N3. The first-order valence-corrected chi connectivity index (χ1v) is 4.54. The molecule has 0 aliphatic carbocycles. The Kier molecular flexibility index (Phi) is 3.01. The van der Waals surface area contributed by atoms with Crippen LogP contribution in [0.15, 0.2) is 18.6 Å². The molecule has 0 bridgehead atoms. The maximum Gasteiger partial charge on any atom is 0.155 e. The third-order valence-electron chi connectivity index (χ3n) is 1.88. The highest BCUT2D eigenvalue weighted by Crippen LogP contribution is 2.07. The van der Waals surface area contributed by atoms with Crippen LogP contribution < -0.4 is 0 Å². The maximum atomic E-state index is 4.07. The minimum absolute atomic E-state index is 0.910. The fourth-order valence-corrected chi connectivity index (χ4v) is 1.05. The molecule has 2 aromatic rings. The predicted octanol–water partition coefficient (Wildman–Crippen LogP) is 2.37. The standard InChI is InChI=1S/C8H9N3.C2H6/c1-6-3-8-9-5-10-11(8)4-7(6)2;1-2/h3-5H,1-2H3;1-2H3. The molecule has 0 aromatic carbocycles. The van der Waals surface area contributed by atoms with Crippen molar-refractivity contribution >= 4 is 5.65 Å². The number of hydrogen-bond acceptors (Lipinski definition) is 2. The van der Waals surface area contributed by atoms with Crippen molar-refractivity contribution in [2.24, 2.45) is 0 Å². The Bertz CT molecular complexity index is 354. The zero-order valence-electron chi connectivity index (χ0n) is 8.57. The zero-order valence-corrected chi connectivity index (χ0v) is 8.57. The van der Waals surface area contributed by atoms with Gasteiger partial charge in [0.25, 0.3) is 0 Å². The molecule has 0 spiro atoms. The SMILES string of the molecule is CC.Cc1cc2ncnn2cc1C. The van der Waals surface area contributed by atoms with Gasteiger partial charge in [-0.1, -0.05) is 13.8 Å². The van der Waals surface area contributed by atoms with Gasteiger partial charge >= 0.3 is 0 Å². The first-order valence-electron chi connectivity index (χ1n) is 4.54. The summed E-state index contributed by atoms with van der Waals surface area (Å²) in [6, 6.07) is 2.03. The van der Waals surface area contributed by atoms with E-state index in [2.05, 4.69) is 23.9 Å². The fraction of sp³-hybridized carbons (Fsp3) is 0.400. The molecule has 2 aromatic heterocycles.